The van der Waals surface area contributed by atoms with E-state index >= 15 is 0 Å². The Hall–Kier alpha value is -2.77. The summed E-state index contributed by atoms with van der Waals surface area (Å²) < 4.78 is 5.60. The second-order valence-corrected chi connectivity index (χ2v) is 8.39. The zero-order valence-electron chi connectivity index (χ0n) is 17.7. The number of nitrogens with zero attached hydrogens (tertiary/aromatic N) is 4. The average Bonchev–Trinajstić information content (AvgIpc) is 2.93. The first kappa shape index (κ1) is 21.5. The molecule has 3 heterocycles. The number of hydrogen-bond acceptors (Lipinski definition) is 5. The molecule has 2 unspecified atom stereocenters. The molecule has 2 atom stereocenters. The van der Waals surface area contributed by atoms with Crippen LogP contribution in [0, 0.1) is 5.92 Å². The van der Waals surface area contributed by atoms with Crippen molar-refractivity contribution in [1.29, 1.82) is 0 Å². The van der Waals surface area contributed by atoms with Crippen molar-refractivity contribution in [3.63, 3.8) is 0 Å². The molecule has 1 fully saturated rings. The molecule has 0 saturated carbocycles. The van der Waals surface area contributed by atoms with Crippen molar-refractivity contribution in [1.82, 2.24) is 4.98 Å². The Balaban J connectivity index is 1.65. The molecule has 2 N–H and O–H groups in total. The quantitative estimate of drug-likeness (QED) is 0.583. The molecule has 1 aromatic carbocycles. The molecular weight excluding hydrogens is 414 g/mol. The third-order valence-corrected chi connectivity index (χ3v) is 5.92. The maximum atomic E-state index is 12.3. The number of carbonyl (C=O) groups excluding carboxylic acids is 1. The Morgan fingerprint density at radius 2 is 2.16 bits per heavy atom. The van der Waals surface area contributed by atoms with Crippen LogP contribution in [0.2, 0.25) is 5.02 Å². The van der Waals surface area contributed by atoms with Crippen LogP contribution >= 0.6 is 11.6 Å². The molecule has 162 valence electrons. The van der Waals surface area contributed by atoms with Crippen molar-refractivity contribution in [3.05, 3.63) is 52.7 Å². The van der Waals surface area contributed by atoms with Gasteiger partial charge in [0.1, 0.15) is 5.82 Å². The number of morpholine rings is 1. The molecule has 1 saturated heterocycles. The molecule has 0 radical (unpaired) electrons. The fourth-order valence-corrected chi connectivity index (χ4v) is 4.16. The van der Waals surface area contributed by atoms with Crippen LogP contribution in [0.1, 0.15) is 31.4 Å². The van der Waals surface area contributed by atoms with Gasteiger partial charge in [0.05, 0.1) is 35.4 Å². The Labute approximate surface area is 187 Å². The zero-order valence-corrected chi connectivity index (χ0v) is 18.5. The molecule has 0 spiro atoms. The molecule has 2 aromatic rings. The van der Waals surface area contributed by atoms with Crippen LogP contribution in [0.5, 0.6) is 0 Å². The van der Waals surface area contributed by atoms with E-state index in [0.717, 1.165) is 35.6 Å². The van der Waals surface area contributed by atoms with Crippen molar-refractivity contribution in [2.24, 2.45) is 21.6 Å². The summed E-state index contributed by atoms with van der Waals surface area (Å²) in [4.78, 5) is 27.6. The van der Waals surface area contributed by atoms with Gasteiger partial charge in [-0.05, 0) is 43.4 Å². The third kappa shape index (κ3) is 4.78. The Morgan fingerprint density at radius 3 is 2.97 bits per heavy atom. The highest BCUT2D eigenvalue weighted by Crippen LogP contribution is 2.32. The van der Waals surface area contributed by atoms with Gasteiger partial charge in [0, 0.05) is 18.3 Å². The van der Waals surface area contributed by atoms with Crippen LogP contribution in [0.15, 0.2) is 46.5 Å². The number of halogens is 1. The van der Waals surface area contributed by atoms with E-state index < -0.39 is 6.10 Å². The SMILES string of the molecule is CC(N)=NC(=O)C1CN(c2cc(C3=Nc4ccccc4CCC3C)c(Cl)cn2)CCO1. The lowest BCUT2D eigenvalue weighted by atomic mass is 9.94. The fraction of sp³-hybridized carbons (Fsp3) is 0.391. The second-order valence-electron chi connectivity index (χ2n) is 7.98. The minimum Gasteiger partial charge on any atom is -0.387 e. The Kier molecular flexibility index (Phi) is 6.34. The number of ether oxygens (including phenoxy) is 1. The number of fused-ring (bicyclic) bond motifs is 1. The number of aryl methyl sites for hydroxylation is 1. The minimum absolute atomic E-state index is 0.221. The van der Waals surface area contributed by atoms with Gasteiger partial charge in [-0.1, -0.05) is 36.7 Å². The average molecular weight is 440 g/mol. The van der Waals surface area contributed by atoms with Crippen LogP contribution in [-0.2, 0) is 16.0 Å². The van der Waals surface area contributed by atoms with Crippen molar-refractivity contribution < 1.29 is 9.53 Å². The first-order chi connectivity index (χ1) is 14.9. The van der Waals surface area contributed by atoms with Crippen molar-refractivity contribution in [2.75, 3.05) is 24.6 Å². The van der Waals surface area contributed by atoms with Gasteiger partial charge < -0.3 is 15.4 Å². The normalized spacial score (nSPS) is 21.8. The lowest BCUT2D eigenvalue weighted by molar-refractivity contribution is -0.129. The fourth-order valence-electron chi connectivity index (χ4n) is 3.96. The number of para-hydroxylation sites is 1. The summed E-state index contributed by atoms with van der Waals surface area (Å²) in [5.74, 6) is 0.831. The molecule has 31 heavy (non-hydrogen) atoms. The van der Waals surface area contributed by atoms with Crippen LogP contribution in [0.25, 0.3) is 0 Å². The number of anilines is 1. The third-order valence-electron chi connectivity index (χ3n) is 5.62. The van der Waals surface area contributed by atoms with E-state index in [0.29, 0.717) is 24.7 Å². The summed E-state index contributed by atoms with van der Waals surface area (Å²) in [6.07, 6.45) is 2.96. The highest BCUT2D eigenvalue weighted by molar-refractivity contribution is 6.34. The predicted octanol–water partition coefficient (Wildman–Crippen LogP) is 3.55. The van der Waals surface area contributed by atoms with Gasteiger partial charge in [0.25, 0.3) is 5.91 Å². The number of rotatable bonds is 3. The van der Waals surface area contributed by atoms with Gasteiger partial charge in [-0.15, -0.1) is 0 Å². The van der Waals surface area contributed by atoms with E-state index in [2.05, 4.69) is 23.0 Å². The number of aliphatic imine (C=N–C) groups is 2. The number of hydrogen-bond donors (Lipinski definition) is 1. The first-order valence-corrected chi connectivity index (χ1v) is 10.8. The molecular formula is C23H26ClN5O2. The summed E-state index contributed by atoms with van der Waals surface area (Å²) in [6.45, 7) is 5.14. The van der Waals surface area contributed by atoms with Crippen LogP contribution < -0.4 is 10.6 Å². The molecule has 4 rings (SSSR count). The number of benzene rings is 1. The summed E-state index contributed by atoms with van der Waals surface area (Å²) in [6, 6.07) is 10.2. The highest BCUT2D eigenvalue weighted by atomic mass is 35.5. The van der Waals surface area contributed by atoms with Gasteiger partial charge in [0.2, 0.25) is 0 Å². The highest BCUT2D eigenvalue weighted by Gasteiger charge is 2.28. The van der Waals surface area contributed by atoms with E-state index in [-0.39, 0.29) is 17.7 Å². The van der Waals surface area contributed by atoms with E-state index in [1.165, 1.54) is 5.56 Å². The number of aromatic nitrogens is 1. The monoisotopic (exact) mass is 439 g/mol. The largest absolute Gasteiger partial charge is 0.387 e. The van der Waals surface area contributed by atoms with Crippen molar-refractivity contribution >= 4 is 40.6 Å². The Morgan fingerprint density at radius 1 is 1.35 bits per heavy atom. The molecule has 1 amide bonds. The Bertz CT molecular complexity index is 1050. The van der Waals surface area contributed by atoms with Gasteiger partial charge in [-0.3, -0.25) is 9.79 Å². The maximum absolute atomic E-state index is 12.3. The molecule has 1 aromatic heterocycles. The molecule has 2 aliphatic heterocycles. The van der Waals surface area contributed by atoms with Crippen LogP contribution in [-0.4, -0.2) is 48.2 Å². The maximum Gasteiger partial charge on any atom is 0.278 e. The number of nitrogens with two attached hydrogens (primary N) is 1. The minimum atomic E-state index is -0.672. The van der Waals surface area contributed by atoms with Gasteiger partial charge in [-0.2, -0.15) is 4.99 Å². The van der Waals surface area contributed by atoms with Gasteiger partial charge >= 0.3 is 0 Å². The smallest absolute Gasteiger partial charge is 0.278 e. The van der Waals surface area contributed by atoms with Crippen LogP contribution in [0.4, 0.5) is 11.5 Å². The second kappa shape index (κ2) is 9.16. The summed E-state index contributed by atoms with van der Waals surface area (Å²) in [5, 5.41) is 0.568. The van der Waals surface area contributed by atoms with E-state index in [9.17, 15) is 4.79 Å². The van der Waals surface area contributed by atoms with Crippen molar-refractivity contribution in [3.8, 4) is 0 Å². The standard InChI is InChI=1S/C23H26ClN5O2/c1-14-7-8-16-5-3-4-6-19(16)28-22(14)17-11-21(26-12-18(17)24)29-9-10-31-20(13-29)23(30)27-15(2)25/h3-6,11-12,14,20H,7-10,13H2,1-2H3,(H2,25,27,30). The first-order valence-electron chi connectivity index (χ1n) is 10.5. The molecule has 0 bridgehead atoms. The van der Waals surface area contributed by atoms with Crippen LogP contribution in [0.3, 0.4) is 0 Å². The predicted molar refractivity (Wildman–Crippen MR) is 124 cm³/mol. The molecule has 2 aliphatic rings. The van der Waals surface area contributed by atoms with Gasteiger partial charge in [-0.25, -0.2) is 4.98 Å². The van der Waals surface area contributed by atoms with Crippen molar-refractivity contribution in [2.45, 2.75) is 32.8 Å². The molecule has 0 aliphatic carbocycles. The summed E-state index contributed by atoms with van der Waals surface area (Å²) in [7, 11) is 0. The topological polar surface area (TPSA) is 93.2 Å². The summed E-state index contributed by atoms with van der Waals surface area (Å²) >= 11 is 6.58. The van der Waals surface area contributed by atoms with Gasteiger partial charge in [0.15, 0.2) is 6.10 Å². The zero-order chi connectivity index (χ0) is 22.0. The number of pyridine rings is 1. The lowest BCUT2D eigenvalue weighted by Gasteiger charge is -2.32. The summed E-state index contributed by atoms with van der Waals surface area (Å²) in [5.41, 5.74) is 9.62. The number of amidine groups is 1. The lowest BCUT2D eigenvalue weighted by Crippen LogP contribution is -2.46. The van der Waals surface area contributed by atoms with E-state index in [1.807, 2.05) is 29.2 Å². The van der Waals surface area contributed by atoms with E-state index in [4.69, 9.17) is 27.1 Å². The number of amides is 1. The number of carbonyl (C=O) groups is 1. The molecule has 7 nitrogen and oxygen atoms in total. The van der Waals surface area contributed by atoms with E-state index in [1.54, 1.807) is 13.1 Å². The molecule has 8 heteroatoms.